The third-order valence-electron chi connectivity index (χ3n) is 2.99. The summed E-state index contributed by atoms with van der Waals surface area (Å²) in [6, 6.07) is 12.7. The highest BCUT2D eigenvalue weighted by Crippen LogP contribution is 2.24. The Morgan fingerprint density at radius 2 is 2.00 bits per heavy atom. The van der Waals surface area contributed by atoms with Crippen molar-refractivity contribution in [3.63, 3.8) is 0 Å². The van der Waals surface area contributed by atoms with E-state index in [2.05, 4.69) is 0 Å². The minimum absolute atomic E-state index is 0.0629. The molecule has 2 aromatic carbocycles. The summed E-state index contributed by atoms with van der Waals surface area (Å²) in [5, 5.41) is 0. The third kappa shape index (κ3) is 3.18. The predicted molar refractivity (Wildman–Crippen MR) is 81.3 cm³/mol. The van der Waals surface area contributed by atoms with E-state index in [1.54, 1.807) is 24.3 Å². The minimum atomic E-state index is -0.0629. The molecular formula is C17H19NO2. The molecule has 0 unspecified atom stereocenters. The fourth-order valence-corrected chi connectivity index (χ4v) is 1.99. The Bertz CT molecular complexity index is 620. The van der Waals surface area contributed by atoms with E-state index < -0.39 is 0 Å². The fraction of sp³-hybridized carbons (Fsp3) is 0.235. The van der Waals surface area contributed by atoms with Gasteiger partial charge in [-0.1, -0.05) is 30.7 Å². The number of anilines is 1. The van der Waals surface area contributed by atoms with E-state index in [1.807, 2.05) is 32.0 Å². The van der Waals surface area contributed by atoms with Gasteiger partial charge in [-0.25, -0.2) is 0 Å². The second-order valence-corrected chi connectivity index (χ2v) is 4.80. The molecule has 2 aromatic rings. The van der Waals surface area contributed by atoms with E-state index in [-0.39, 0.29) is 5.78 Å². The first-order chi connectivity index (χ1) is 9.61. The second-order valence-electron chi connectivity index (χ2n) is 4.80. The molecule has 0 aliphatic rings. The average Bonchev–Trinajstić information content (AvgIpc) is 2.45. The molecule has 0 heterocycles. The van der Waals surface area contributed by atoms with Crippen LogP contribution in [0.5, 0.6) is 5.75 Å². The number of aryl methyl sites for hydroxylation is 1. The zero-order valence-corrected chi connectivity index (χ0v) is 11.8. The molecule has 0 aliphatic heterocycles. The van der Waals surface area contributed by atoms with Crippen LogP contribution in [-0.2, 0) is 0 Å². The van der Waals surface area contributed by atoms with Crippen molar-refractivity contribution in [2.75, 3.05) is 12.3 Å². The molecule has 0 atom stereocenters. The Morgan fingerprint density at radius 1 is 1.20 bits per heavy atom. The van der Waals surface area contributed by atoms with Crippen LogP contribution in [0.25, 0.3) is 0 Å². The van der Waals surface area contributed by atoms with Gasteiger partial charge in [0.1, 0.15) is 5.75 Å². The van der Waals surface area contributed by atoms with Crippen LogP contribution in [0.3, 0.4) is 0 Å². The van der Waals surface area contributed by atoms with Crippen LogP contribution in [-0.4, -0.2) is 12.4 Å². The van der Waals surface area contributed by atoms with Crippen molar-refractivity contribution in [3.8, 4) is 5.75 Å². The van der Waals surface area contributed by atoms with Crippen molar-refractivity contribution in [1.29, 1.82) is 0 Å². The van der Waals surface area contributed by atoms with Crippen LogP contribution >= 0.6 is 0 Å². The van der Waals surface area contributed by atoms with E-state index >= 15 is 0 Å². The largest absolute Gasteiger partial charge is 0.493 e. The molecule has 2 rings (SSSR count). The summed E-state index contributed by atoms with van der Waals surface area (Å²) in [5.74, 6) is 0.567. The number of benzene rings is 2. The van der Waals surface area contributed by atoms with Gasteiger partial charge in [0.2, 0.25) is 0 Å². The first-order valence-electron chi connectivity index (χ1n) is 6.75. The fourth-order valence-electron chi connectivity index (χ4n) is 1.99. The van der Waals surface area contributed by atoms with E-state index in [0.29, 0.717) is 29.2 Å². The van der Waals surface area contributed by atoms with Gasteiger partial charge in [0.25, 0.3) is 0 Å². The maximum absolute atomic E-state index is 12.6. The van der Waals surface area contributed by atoms with Crippen LogP contribution < -0.4 is 10.5 Å². The van der Waals surface area contributed by atoms with Gasteiger partial charge < -0.3 is 10.5 Å². The number of rotatable bonds is 5. The standard InChI is InChI=1S/C17H19NO2/c1-3-9-20-16-8-7-12(2)10-15(16)17(19)13-5-4-6-14(18)11-13/h4-8,10-11H,3,9,18H2,1-2H3. The first kappa shape index (κ1) is 14.1. The summed E-state index contributed by atoms with van der Waals surface area (Å²) < 4.78 is 5.66. The van der Waals surface area contributed by atoms with Gasteiger partial charge >= 0.3 is 0 Å². The summed E-state index contributed by atoms with van der Waals surface area (Å²) in [6.07, 6.45) is 0.903. The molecule has 0 spiro atoms. The molecule has 3 heteroatoms. The number of ether oxygens (including phenoxy) is 1. The van der Waals surface area contributed by atoms with Gasteiger partial charge in [0.15, 0.2) is 5.78 Å². The number of carbonyl (C=O) groups excluding carboxylic acids is 1. The quantitative estimate of drug-likeness (QED) is 0.666. The molecule has 104 valence electrons. The summed E-state index contributed by atoms with van der Waals surface area (Å²) in [7, 11) is 0. The molecule has 0 saturated carbocycles. The van der Waals surface area contributed by atoms with Crippen LogP contribution in [0.2, 0.25) is 0 Å². The minimum Gasteiger partial charge on any atom is -0.493 e. The summed E-state index contributed by atoms with van der Waals surface area (Å²) in [4.78, 5) is 12.6. The van der Waals surface area contributed by atoms with Gasteiger partial charge in [-0.2, -0.15) is 0 Å². The van der Waals surface area contributed by atoms with Crippen LogP contribution in [0, 0.1) is 6.92 Å². The molecule has 0 radical (unpaired) electrons. The molecule has 0 saturated heterocycles. The number of ketones is 1. The highest BCUT2D eigenvalue weighted by Gasteiger charge is 2.15. The van der Waals surface area contributed by atoms with Gasteiger partial charge in [-0.3, -0.25) is 4.79 Å². The Morgan fingerprint density at radius 3 is 2.70 bits per heavy atom. The highest BCUT2D eigenvalue weighted by molar-refractivity contribution is 6.11. The summed E-state index contributed by atoms with van der Waals surface area (Å²) in [5.41, 5.74) is 8.52. The normalized spacial score (nSPS) is 10.3. The summed E-state index contributed by atoms with van der Waals surface area (Å²) >= 11 is 0. The maximum Gasteiger partial charge on any atom is 0.196 e. The van der Waals surface area contributed by atoms with Crippen LogP contribution in [0.1, 0.15) is 34.8 Å². The van der Waals surface area contributed by atoms with Crippen LogP contribution in [0.15, 0.2) is 42.5 Å². The smallest absolute Gasteiger partial charge is 0.196 e. The number of nitrogen functional groups attached to an aromatic ring is 1. The summed E-state index contributed by atoms with van der Waals surface area (Å²) in [6.45, 7) is 4.59. The van der Waals surface area contributed by atoms with Gasteiger partial charge in [-0.15, -0.1) is 0 Å². The number of hydrogen-bond donors (Lipinski definition) is 1. The van der Waals surface area contributed by atoms with Gasteiger partial charge in [0, 0.05) is 11.3 Å². The lowest BCUT2D eigenvalue weighted by atomic mass is 10.0. The van der Waals surface area contributed by atoms with Crippen molar-refractivity contribution in [2.24, 2.45) is 0 Å². The lowest BCUT2D eigenvalue weighted by Crippen LogP contribution is -2.07. The molecule has 0 bridgehead atoms. The predicted octanol–water partition coefficient (Wildman–Crippen LogP) is 3.60. The Kier molecular flexibility index (Phi) is 4.41. The Balaban J connectivity index is 2.39. The molecule has 0 fully saturated rings. The van der Waals surface area contributed by atoms with Gasteiger partial charge in [-0.05, 0) is 37.6 Å². The Labute approximate surface area is 119 Å². The molecule has 2 N–H and O–H groups in total. The zero-order valence-electron chi connectivity index (χ0n) is 11.8. The first-order valence-corrected chi connectivity index (χ1v) is 6.75. The van der Waals surface area contributed by atoms with Crippen molar-refractivity contribution < 1.29 is 9.53 Å². The maximum atomic E-state index is 12.6. The lowest BCUT2D eigenvalue weighted by molar-refractivity contribution is 0.103. The monoisotopic (exact) mass is 269 g/mol. The lowest BCUT2D eigenvalue weighted by Gasteiger charge is -2.11. The van der Waals surface area contributed by atoms with E-state index in [1.165, 1.54) is 0 Å². The van der Waals surface area contributed by atoms with E-state index in [9.17, 15) is 4.79 Å². The molecule has 0 aromatic heterocycles. The van der Waals surface area contributed by atoms with Crippen LogP contribution in [0.4, 0.5) is 5.69 Å². The molecule has 0 aliphatic carbocycles. The van der Waals surface area contributed by atoms with E-state index in [4.69, 9.17) is 10.5 Å². The Hall–Kier alpha value is -2.29. The SMILES string of the molecule is CCCOc1ccc(C)cc1C(=O)c1cccc(N)c1. The third-order valence-corrected chi connectivity index (χ3v) is 2.99. The number of carbonyl (C=O) groups is 1. The van der Waals surface area contributed by atoms with Gasteiger partial charge in [0.05, 0.1) is 12.2 Å². The molecule has 0 amide bonds. The molecular weight excluding hydrogens is 250 g/mol. The molecule has 3 nitrogen and oxygen atoms in total. The second kappa shape index (κ2) is 6.24. The molecule has 20 heavy (non-hydrogen) atoms. The number of nitrogens with two attached hydrogens (primary N) is 1. The van der Waals surface area contributed by atoms with Crippen molar-refractivity contribution in [1.82, 2.24) is 0 Å². The topological polar surface area (TPSA) is 52.3 Å². The zero-order chi connectivity index (χ0) is 14.5. The van der Waals surface area contributed by atoms with E-state index in [0.717, 1.165) is 12.0 Å². The van der Waals surface area contributed by atoms with Crippen molar-refractivity contribution >= 4 is 11.5 Å². The van der Waals surface area contributed by atoms with Crippen molar-refractivity contribution in [3.05, 3.63) is 59.2 Å². The highest BCUT2D eigenvalue weighted by atomic mass is 16.5. The van der Waals surface area contributed by atoms with Crippen molar-refractivity contribution in [2.45, 2.75) is 20.3 Å². The average molecular weight is 269 g/mol. The number of hydrogen-bond acceptors (Lipinski definition) is 3.